The van der Waals surface area contributed by atoms with E-state index in [9.17, 15) is 0 Å². The Balaban J connectivity index is 2.69. The highest BCUT2D eigenvalue weighted by molar-refractivity contribution is 8.76. The Morgan fingerprint density at radius 1 is 1.27 bits per heavy atom. The first-order valence-electron chi connectivity index (χ1n) is 4.07. The molecule has 0 amide bonds. The number of hydrogen-bond donors (Lipinski definition) is 2. The topological polar surface area (TPSA) is 38.0 Å². The summed E-state index contributed by atoms with van der Waals surface area (Å²) in [5, 5.41) is 3.33. The van der Waals surface area contributed by atoms with E-state index in [2.05, 4.69) is 12.2 Å². The van der Waals surface area contributed by atoms with Crippen molar-refractivity contribution in [2.75, 3.05) is 31.1 Å². The molecule has 0 fully saturated rings. The standard InChI is InChI=1S/C7H18N2S2/c1-2-10-11-7-6-9-5-3-4-8/h9H,2-8H2,1H3. The number of nitrogens with two attached hydrogens (primary N) is 1. The molecule has 0 saturated carbocycles. The molecule has 0 unspecified atom stereocenters. The second-order valence-corrected chi connectivity index (χ2v) is 4.99. The normalized spacial score (nSPS) is 10.4. The van der Waals surface area contributed by atoms with Crippen molar-refractivity contribution in [1.29, 1.82) is 0 Å². The van der Waals surface area contributed by atoms with Crippen molar-refractivity contribution in [3.63, 3.8) is 0 Å². The van der Waals surface area contributed by atoms with Gasteiger partial charge in [0.1, 0.15) is 0 Å². The van der Waals surface area contributed by atoms with E-state index >= 15 is 0 Å². The summed E-state index contributed by atoms with van der Waals surface area (Å²) in [5.41, 5.74) is 5.34. The summed E-state index contributed by atoms with van der Waals surface area (Å²) in [6, 6.07) is 0. The maximum absolute atomic E-state index is 5.34. The second kappa shape index (κ2) is 10.6. The van der Waals surface area contributed by atoms with Gasteiger partial charge < -0.3 is 11.1 Å². The van der Waals surface area contributed by atoms with E-state index in [1.807, 2.05) is 21.6 Å². The van der Waals surface area contributed by atoms with Crippen LogP contribution in [0.2, 0.25) is 0 Å². The summed E-state index contributed by atoms with van der Waals surface area (Å²) in [7, 11) is 3.86. The van der Waals surface area contributed by atoms with Crippen molar-refractivity contribution in [3.05, 3.63) is 0 Å². The molecule has 0 heterocycles. The van der Waals surface area contributed by atoms with Crippen LogP contribution < -0.4 is 11.1 Å². The summed E-state index contributed by atoms with van der Waals surface area (Å²) < 4.78 is 0. The Bertz CT molecular complexity index is 63.5. The van der Waals surface area contributed by atoms with E-state index < -0.39 is 0 Å². The van der Waals surface area contributed by atoms with Gasteiger partial charge in [0.2, 0.25) is 0 Å². The Morgan fingerprint density at radius 2 is 2.09 bits per heavy atom. The van der Waals surface area contributed by atoms with Crippen molar-refractivity contribution in [1.82, 2.24) is 5.32 Å². The highest BCUT2D eigenvalue weighted by Crippen LogP contribution is 2.18. The van der Waals surface area contributed by atoms with Gasteiger partial charge in [-0.1, -0.05) is 28.5 Å². The Kier molecular flexibility index (Phi) is 11.2. The molecule has 0 aliphatic heterocycles. The van der Waals surface area contributed by atoms with Crippen LogP contribution in [0.15, 0.2) is 0 Å². The minimum Gasteiger partial charge on any atom is -0.330 e. The van der Waals surface area contributed by atoms with Crippen LogP contribution in [0.3, 0.4) is 0 Å². The van der Waals surface area contributed by atoms with Crippen LogP contribution in [-0.2, 0) is 0 Å². The Labute approximate surface area is 77.5 Å². The number of hydrogen-bond acceptors (Lipinski definition) is 4. The molecule has 0 atom stereocenters. The van der Waals surface area contributed by atoms with Gasteiger partial charge in [-0.15, -0.1) is 0 Å². The quantitative estimate of drug-likeness (QED) is 0.451. The predicted molar refractivity (Wildman–Crippen MR) is 57.1 cm³/mol. The van der Waals surface area contributed by atoms with E-state index in [-0.39, 0.29) is 0 Å². The van der Waals surface area contributed by atoms with Crippen molar-refractivity contribution in [3.8, 4) is 0 Å². The average Bonchev–Trinajstić information content (AvgIpc) is 2.03. The highest BCUT2D eigenvalue weighted by atomic mass is 33.1. The molecule has 0 aliphatic carbocycles. The Hall–Kier alpha value is 0.620. The van der Waals surface area contributed by atoms with Crippen LogP contribution in [-0.4, -0.2) is 31.1 Å². The predicted octanol–water partition coefficient (Wildman–Crippen LogP) is 1.33. The highest BCUT2D eigenvalue weighted by Gasteiger charge is 1.87. The number of nitrogens with one attached hydrogen (secondary N) is 1. The minimum atomic E-state index is 0.795. The molecule has 0 spiro atoms. The molecule has 4 heteroatoms. The third-order valence-electron chi connectivity index (χ3n) is 1.12. The molecule has 68 valence electrons. The molecule has 0 aromatic carbocycles. The van der Waals surface area contributed by atoms with Gasteiger partial charge >= 0.3 is 0 Å². The van der Waals surface area contributed by atoms with E-state index in [0.717, 1.165) is 26.1 Å². The lowest BCUT2D eigenvalue weighted by atomic mass is 10.4. The molecule has 2 nitrogen and oxygen atoms in total. The van der Waals surface area contributed by atoms with Crippen molar-refractivity contribution in [2.24, 2.45) is 5.73 Å². The summed E-state index contributed by atoms with van der Waals surface area (Å²) in [4.78, 5) is 0. The summed E-state index contributed by atoms with van der Waals surface area (Å²) >= 11 is 0. The molecule has 0 bridgehead atoms. The largest absolute Gasteiger partial charge is 0.330 e. The minimum absolute atomic E-state index is 0.795. The smallest absolute Gasteiger partial charge is 0.0162 e. The SMILES string of the molecule is CCSSCCNCCCN. The summed E-state index contributed by atoms with van der Waals surface area (Å²) in [6.07, 6.45) is 1.09. The van der Waals surface area contributed by atoms with E-state index in [0.29, 0.717) is 0 Å². The van der Waals surface area contributed by atoms with Crippen LogP contribution in [0, 0.1) is 0 Å². The van der Waals surface area contributed by atoms with E-state index in [4.69, 9.17) is 5.73 Å². The van der Waals surface area contributed by atoms with Gasteiger partial charge in [0, 0.05) is 18.1 Å². The van der Waals surface area contributed by atoms with Crippen LogP contribution in [0.25, 0.3) is 0 Å². The van der Waals surface area contributed by atoms with Crippen LogP contribution in [0.5, 0.6) is 0 Å². The lowest BCUT2D eigenvalue weighted by molar-refractivity contribution is 0.683. The molecule has 0 aliphatic rings. The fraction of sp³-hybridized carbons (Fsp3) is 1.00. The van der Waals surface area contributed by atoms with Crippen molar-refractivity contribution < 1.29 is 0 Å². The molecular formula is C7H18N2S2. The first-order valence-corrected chi connectivity index (χ1v) is 6.55. The zero-order valence-electron chi connectivity index (χ0n) is 7.14. The maximum atomic E-state index is 5.34. The lowest BCUT2D eigenvalue weighted by Gasteiger charge is -2.01. The zero-order valence-corrected chi connectivity index (χ0v) is 8.77. The second-order valence-electron chi connectivity index (χ2n) is 2.12. The van der Waals surface area contributed by atoms with Gasteiger partial charge in [-0.2, -0.15) is 0 Å². The first kappa shape index (κ1) is 11.6. The molecule has 0 aromatic rings. The summed E-state index contributed by atoms with van der Waals surface area (Å²) in [5.74, 6) is 2.40. The third-order valence-corrected chi connectivity index (χ3v) is 3.60. The molecule has 0 saturated heterocycles. The van der Waals surface area contributed by atoms with Crippen LogP contribution in [0.1, 0.15) is 13.3 Å². The van der Waals surface area contributed by atoms with Gasteiger partial charge in [-0.05, 0) is 19.5 Å². The lowest BCUT2D eigenvalue weighted by Crippen LogP contribution is -2.20. The van der Waals surface area contributed by atoms with Crippen LogP contribution >= 0.6 is 21.6 Å². The molecule has 0 radical (unpaired) electrons. The van der Waals surface area contributed by atoms with E-state index in [1.165, 1.54) is 11.5 Å². The van der Waals surface area contributed by atoms with Gasteiger partial charge in [0.25, 0.3) is 0 Å². The van der Waals surface area contributed by atoms with Crippen molar-refractivity contribution in [2.45, 2.75) is 13.3 Å². The molecule has 0 rings (SSSR count). The third kappa shape index (κ3) is 10.6. The number of rotatable bonds is 8. The molecule has 0 aromatic heterocycles. The fourth-order valence-electron chi connectivity index (χ4n) is 0.608. The van der Waals surface area contributed by atoms with Crippen LogP contribution in [0.4, 0.5) is 0 Å². The van der Waals surface area contributed by atoms with Gasteiger partial charge in [-0.25, -0.2) is 0 Å². The average molecular weight is 194 g/mol. The molecular weight excluding hydrogens is 176 g/mol. The monoisotopic (exact) mass is 194 g/mol. The van der Waals surface area contributed by atoms with Gasteiger partial charge in [-0.3, -0.25) is 0 Å². The fourth-order valence-corrected chi connectivity index (χ4v) is 2.22. The maximum Gasteiger partial charge on any atom is 0.0162 e. The molecule has 3 N–H and O–H groups in total. The Morgan fingerprint density at radius 3 is 2.73 bits per heavy atom. The van der Waals surface area contributed by atoms with E-state index in [1.54, 1.807) is 0 Å². The zero-order chi connectivity index (χ0) is 8.36. The summed E-state index contributed by atoms with van der Waals surface area (Å²) in [6.45, 7) is 5.15. The first-order chi connectivity index (χ1) is 5.41. The van der Waals surface area contributed by atoms with Gasteiger partial charge in [0.05, 0.1) is 0 Å². The molecule has 11 heavy (non-hydrogen) atoms. The van der Waals surface area contributed by atoms with Gasteiger partial charge in [0.15, 0.2) is 0 Å². The van der Waals surface area contributed by atoms with Crippen molar-refractivity contribution >= 4 is 21.6 Å².